The summed E-state index contributed by atoms with van der Waals surface area (Å²) >= 11 is 11.7. The fourth-order valence-corrected chi connectivity index (χ4v) is 15.7. The minimum absolute atomic E-state index is 0. The van der Waals surface area contributed by atoms with E-state index in [1.54, 1.807) is 7.05 Å². The molecule has 62 nitrogen and oxygen atoms in total. The molecular weight excluding hydrogens is 2300 g/mol. The van der Waals surface area contributed by atoms with Gasteiger partial charge in [0, 0.05) is 82.7 Å². The van der Waals surface area contributed by atoms with Crippen LogP contribution in [-0.4, -0.2) is 423 Å². The number of hydrogen-bond acceptors (Lipinski definition) is 62. The average molecular weight is 2390 g/mol. The summed E-state index contributed by atoms with van der Waals surface area (Å²) in [5.41, 5.74) is -1.69. The maximum atomic E-state index is 12.6. The minimum Gasteiger partial charge on any atom is -0.748 e. The SMILES string of the molecule is C.CN(CC(O)C(O)C(O)C(O)CO)c1nc(NCCS(=O)(=O)[O-])nc(Nc2ccc(C=Cc3ccc(Nc4nc(NCCS(=O)(=O)[O-])nc(N(C)CC(O)C(O)C(O)C(O)CO)n4)cc3S(=O)(=O)[O-])c(S(=O)(=O)[O-])c2)n1.CNCC(O)C(O)C(O)C(O)CO.O=S(=O)([O-])CCNc1nc(Cl)nc(Nc2ccc(C=Cc3ccc(Nc4nc(Cl)nc(NCCS(=O)(=O)[O-])n4)cc3S(=O)(=O)[O-])c(S(=O)(=O)[O-])c2)n1.[Na+].[Na+].[Na+].[Na+].[Na+].[Na+].[Na+].[Na+]. The summed E-state index contributed by atoms with van der Waals surface area (Å²) in [4.78, 5) is 46.0. The number of likely N-dealkylation sites (N-methyl/N-ethyl adjacent to an activating group) is 3. The molecule has 0 bridgehead atoms. The number of benzene rings is 4. The van der Waals surface area contributed by atoms with Crippen molar-refractivity contribution in [1.29, 1.82) is 0 Å². The van der Waals surface area contributed by atoms with Crippen molar-refractivity contribution in [2.45, 2.75) is 100 Å². The van der Waals surface area contributed by atoms with Gasteiger partial charge in [-0.2, -0.15) is 59.8 Å². The van der Waals surface area contributed by atoms with E-state index in [1.165, 1.54) is 38.4 Å². The zero-order valence-electron chi connectivity index (χ0n) is 80.4. The van der Waals surface area contributed by atoms with E-state index >= 15 is 0 Å². The molecule has 80 heteroatoms. The van der Waals surface area contributed by atoms with Gasteiger partial charge in [-0.25, -0.2) is 67.3 Å². The summed E-state index contributed by atoms with van der Waals surface area (Å²) in [7, 11) is -35.6. The Morgan fingerprint density at radius 3 is 0.707 bits per heavy atom. The van der Waals surface area contributed by atoms with Crippen LogP contribution >= 0.6 is 23.2 Å². The summed E-state index contributed by atoms with van der Waals surface area (Å²) in [6.07, 6.45) is -17.0. The molecule has 0 amide bonds. The monoisotopic (exact) mass is 2390 g/mol. The zero-order chi connectivity index (χ0) is 106. The van der Waals surface area contributed by atoms with E-state index in [4.69, 9.17) is 53.8 Å². The van der Waals surface area contributed by atoms with Crippen LogP contribution < -0.4 is 294 Å². The summed E-state index contributed by atoms with van der Waals surface area (Å²) in [5.74, 6) is -6.87. The van der Waals surface area contributed by atoms with Crippen LogP contribution in [0.5, 0.6) is 0 Å². The van der Waals surface area contributed by atoms with Crippen LogP contribution in [0, 0.1) is 0 Å². The van der Waals surface area contributed by atoms with Gasteiger partial charge in [0.2, 0.25) is 70.1 Å². The number of aliphatic hydroxyl groups is 15. The molecule has 4 aromatic carbocycles. The third-order valence-corrected chi connectivity index (χ3v) is 24.8. The van der Waals surface area contributed by atoms with E-state index in [2.05, 4.69) is 108 Å². The fourth-order valence-electron chi connectivity index (χ4n) is 11.2. The predicted molar refractivity (Wildman–Crippen MR) is 491 cm³/mol. The Balaban J connectivity index is -0.00000125. The number of rotatable bonds is 52. The maximum absolute atomic E-state index is 12.6. The van der Waals surface area contributed by atoms with Crippen molar-refractivity contribution in [2.75, 3.05) is 162 Å². The van der Waals surface area contributed by atoms with Crippen molar-refractivity contribution in [3.8, 4) is 0 Å². The molecule has 4 aromatic heterocycles. The summed E-state index contributed by atoms with van der Waals surface area (Å²) in [6, 6.07) is 12.8. The van der Waals surface area contributed by atoms with Crippen molar-refractivity contribution >= 4 is 211 Å². The summed E-state index contributed by atoms with van der Waals surface area (Å²) in [6.45, 7) is -5.45. The standard InChI is InChI=1S/C38H56N12O22S4.C24H24Cl2N10O12S4.C7H17NO5.CH4.8Na/c1-49(15-23(53)29(57)31(59)25(55)17-51)37-45-33(39-9-11-73(61,62)63)43-35(47-37)41-21-7-5-19(27(13-21)75(67,68)69)3-4-20-6-8-22(14-28(20)76(70,71)72)42-36-44-34(40-10-12-74(64,65)66)46-38(48-36)50(2)16-24(54)30(58)32(60)26(56)18-52;25-19-31-21(27-7-9-49(37,38)39)35-23(33-19)29-15-5-3-13(17(11-15)51(43,44)45)1-2-14-4-6-16(12-18(14)52(46,47)48)30-24-34-20(26)32-22(36-24)28-8-10-50(40,41)42;1-8-2-4(10)6(12)7(13)5(11)3-9;;;;;;;;;/h3-8,13-14,23-26,29-32,51-60H,9-12,15-18H2,1-2H3,(H,61,62,63)(H,64,65,66)(H,67,68,69)(H,70,71,72)(H2,39,41,43,45,47)(H2,40,42,44,46,48);1-6,11-12H,7-10H2,(H,37,38,39)(H,40,41,42)(H,43,44,45)(H,46,47,48)(H2,27,29,31,33,35)(H2,28,30,32,34,36);4-13H,2-3H2,1H3;1H4;;;;;;;;/q;;;;8*+1/p-8. The van der Waals surface area contributed by atoms with E-state index in [0.717, 1.165) is 82.6 Å². The number of aromatic nitrogens is 12. The number of nitrogens with zero attached hydrogens (tertiary/aromatic N) is 14. The molecule has 8 rings (SSSR count). The van der Waals surface area contributed by atoms with Crippen LogP contribution in [0.2, 0.25) is 10.6 Å². The van der Waals surface area contributed by atoms with E-state index in [-0.39, 0.29) is 355 Å². The number of aliphatic hydroxyl groups excluding tert-OH is 15. The minimum atomic E-state index is -5.40. The Morgan fingerprint density at radius 2 is 0.500 bits per heavy atom. The third-order valence-electron chi connectivity index (χ3n) is 18.0. The van der Waals surface area contributed by atoms with Gasteiger partial charge in [-0.1, -0.05) is 56.0 Å². The van der Waals surface area contributed by atoms with Crippen molar-refractivity contribution in [2.24, 2.45) is 0 Å². The Morgan fingerprint density at radius 1 is 0.307 bits per heavy atom. The van der Waals surface area contributed by atoms with Crippen LogP contribution in [0.1, 0.15) is 29.7 Å². The van der Waals surface area contributed by atoms with Crippen LogP contribution in [0.3, 0.4) is 0 Å². The van der Waals surface area contributed by atoms with Crippen molar-refractivity contribution in [3.05, 3.63) is 106 Å². The topological polar surface area (TPSA) is 1030 Å². The van der Waals surface area contributed by atoms with E-state index < -0.39 is 267 Å². The van der Waals surface area contributed by atoms with Gasteiger partial charge in [0.15, 0.2) is 0 Å². The predicted octanol–water partition coefficient (Wildman–Crippen LogP) is -32.8. The molecule has 12 unspecified atom stereocenters. The van der Waals surface area contributed by atoms with Crippen LogP contribution in [0.15, 0.2) is 92.4 Å². The Kier molecular flexibility index (Phi) is 71.9. The molecule has 0 aliphatic carbocycles. The smallest absolute Gasteiger partial charge is 0.748 e. The largest absolute Gasteiger partial charge is 1.00 e. The molecule has 0 saturated heterocycles. The van der Waals surface area contributed by atoms with Gasteiger partial charge in [0.05, 0.1) is 109 Å². The van der Waals surface area contributed by atoms with Gasteiger partial charge in [-0.15, -0.1) is 0 Å². The molecule has 0 aliphatic heterocycles. The summed E-state index contributed by atoms with van der Waals surface area (Å²) < 4.78 is 281. The Labute approximate surface area is 1050 Å². The zero-order valence-corrected chi connectivity index (χ0v) is 104. The summed E-state index contributed by atoms with van der Waals surface area (Å²) in [5, 5.41) is 166. The average Bonchev–Trinajstić information content (AvgIpc) is 0.796. The molecule has 0 fully saturated rings. The molecule has 12 atom stereocenters. The normalized spacial score (nSPS) is 14.1. The van der Waals surface area contributed by atoms with Gasteiger partial charge in [0.1, 0.15) is 108 Å². The van der Waals surface area contributed by atoms with Gasteiger partial charge in [-0.3, -0.25) is 0 Å². The van der Waals surface area contributed by atoms with Gasteiger partial charge in [0.25, 0.3) is 0 Å². The second-order valence-electron chi connectivity index (χ2n) is 29.0. The molecule has 0 spiro atoms. The molecule has 0 radical (unpaired) electrons. The van der Waals surface area contributed by atoms with Crippen LogP contribution in [0.25, 0.3) is 24.3 Å². The molecule has 150 heavy (non-hydrogen) atoms. The van der Waals surface area contributed by atoms with E-state index in [9.17, 15) is 150 Å². The van der Waals surface area contributed by atoms with Crippen molar-refractivity contribution < 1.29 is 417 Å². The first-order chi connectivity index (χ1) is 65.3. The van der Waals surface area contributed by atoms with Gasteiger partial charge in [-0.05, 0) is 101 Å². The van der Waals surface area contributed by atoms with Crippen molar-refractivity contribution in [1.82, 2.24) is 65.1 Å². The molecule has 4 heterocycles. The van der Waals surface area contributed by atoms with Crippen LogP contribution in [-0.2, 0) is 80.9 Å². The second-order valence-corrected chi connectivity index (χ2v) is 41.2. The third kappa shape index (κ3) is 54.4. The first-order valence-electron chi connectivity index (χ1n) is 39.2. The molecule has 0 aliphatic rings. The fraction of sp³-hybridized carbons (Fsp3) is 0.429. The molecule has 792 valence electrons. The molecule has 8 aromatic rings. The number of hydrogen-bond donors (Lipinski definition) is 24. The maximum Gasteiger partial charge on any atom is 1.00 e. The number of anilines is 14. The first-order valence-corrected chi connectivity index (χ1v) is 51.9. The van der Waals surface area contributed by atoms with Gasteiger partial charge < -0.3 is 171 Å². The Hall–Kier alpha value is -2.38. The first kappa shape index (κ1) is 154. The molecule has 24 N–H and O–H groups in total. The molecule has 0 saturated carbocycles. The second kappa shape index (κ2) is 70.1. The number of halogens is 2. The van der Waals surface area contributed by atoms with Crippen molar-refractivity contribution in [3.63, 3.8) is 0 Å². The van der Waals surface area contributed by atoms with Gasteiger partial charge >= 0.3 is 236 Å². The Bertz CT molecular complexity index is 6330. The number of nitrogens with one attached hydrogen (secondary N) is 9. The van der Waals surface area contributed by atoms with E-state index in [0.29, 0.717) is 0 Å². The van der Waals surface area contributed by atoms with Crippen LogP contribution in [0.4, 0.5) is 82.2 Å². The van der Waals surface area contributed by atoms with E-state index in [1.807, 2.05) is 0 Å². The quantitative estimate of drug-likeness (QED) is 0.00956. The molecular formula is C70H93Cl2N23Na8O39S8.